The van der Waals surface area contributed by atoms with Gasteiger partial charge in [0.05, 0.1) is 6.61 Å². The smallest absolute Gasteiger partial charge is 0.411 e. The fraction of sp³-hybridized carbons (Fsp3) is 0.133. The Bertz CT molecular complexity index is 807. The molecule has 2 aromatic carbocycles. The summed E-state index contributed by atoms with van der Waals surface area (Å²) in [6, 6.07) is 12.2. The first-order valence-electron chi connectivity index (χ1n) is 6.64. The summed E-state index contributed by atoms with van der Waals surface area (Å²) in [5.41, 5.74) is 0.366. The lowest BCUT2D eigenvalue weighted by molar-refractivity contribution is 0.168. The van der Waals surface area contributed by atoms with Gasteiger partial charge in [0.15, 0.2) is 0 Å². The van der Waals surface area contributed by atoms with Gasteiger partial charge < -0.3 is 8.92 Å². The highest BCUT2D eigenvalue weighted by Gasteiger charge is 2.17. The molecule has 0 aliphatic rings. The van der Waals surface area contributed by atoms with Crippen LogP contribution < -0.4 is 9.50 Å². The molecule has 0 fully saturated rings. The van der Waals surface area contributed by atoms with Crippen LogP contribution >= 0.6 is 15.9 Å². The van der Waals surface area contributed by atoms with Gasteiger partial charge in [0, 0.05) is 16.2 Å². The Morgan fingerprint density at radius 1 is 1.17 bits per heavy atom. The van der Waals surface area contributed by atoms with E-state index in [1.54, 1.807) is 31.2 Å². The zero-order valence-corrected chi connectivity index (χ0v) is 14.6. The number of hydrogen-bond acceptors (Lipinski definition) is 5. The molecular weight excluding hydrogens is 386 g/mol. The van der Waals surface area contributed by atoms with Gasteiger partial charge in [-0.3, -0.25) is 5.32 Å². The summed E-state index contributed by atoms with van der Waals surface area (Å²) in [7, 11) is -3.97. The predicted molar refractivity (Wildman–Crippen MR) is 89.0 cm³/mol. The minimum atomic E-state index is -3.97. The lowest BCUT2D eigenvalue weighted by Gasteiger charge is -2.09. The Morgan fingerprint density at radius 2 is 1.91 bits per heavy atom. The van der Waals surface area contributed by atoms with Crippen molar-refractivity contribution in [1.29, 1.82) is 0 Å². The zero-order valence-electron chi connectivity index (χ0n) is 12.2. The van der Waals surface area contributed by atoms with E-state index in [0.29, 0.717) is 10.2 Å². The molecule has 1 N–H and O–H groups in total. The van der Waals surface area contributed by atoms with Crippen LogP contribution in [0, 0.1) is 0 Å². The molecule has 0 radical (unpaired) electrons. The van der Waals surface area contributed by atoms with E-state index in [0.717, 1.165) is 0 Å². The standard InChI is InChI=1S/C15H14BrNO5S/c1-2-21-15(18)17-12-6-4-7-13(10-12)22-23(19,20)14-8-3-5-11(16)9-14/h3-10H,2H2,1H3,(H,17,18). The van der Waals surface area contributed by atoms with Crippen molar-refractivity contribution in [3.8, 4) is 5.75 Å². The Morgan fingerprint density at radius 3 is 2.61 bits per heavy atom. The summed E-state index contributed by atoms with van der Waals surface area (Å²) < 4.78 is 34.9. The van der Waals surface area contributed by atoms with Crippen molar-refractivity contribution in [1.82, 2.24) is 0 Å². The van der Waals surface area contributed by atoms with Crippen molar-refractivity contribution in [2.24, 2.45) is 0 Å². The maximum absolute atomic E-state index is 12.2. The van der Waals surface area contributed by atoms with Crippen molar-refractivity contribution in [2.75, 3.05) is 11.9 Å². The normalized spacial score (nSPS) is 10.9. The quantitative estimate of drug-likeness (QED) is 0.773. The van der Waals surface area contributed by atoms with Gasteiger partial charge in [-0.2, -0.15) is 8.42 Å². The Kier molecular flexibility index (Phi) is 5.62. The van der Waals surface area contributed by atoms with Crippen LogP contribution in [0.2, 0.25) is 0 Å². The minimum absolute atomic E-state index is 0.0237. The summed E-state index contributed by atoms with van der Waals surface area (Å²) >= 11 is 3.21. The number of anilines is 1. The average molecular weight is 400 g/mol. The van der Waals surface area contributed by atoms with Crippen LogP contribution in [0.5, 0.6) is 5.75 Å². The summed E-state index contributed by atoms with van der Waals surface area (Å²) in [5.74, 6) is 0.0827. The van der Waals surface area contributed by atoms with Gasteiger partial charge in [-0.15, -0.1) is 0 Å². The van der Waals surface area contributed by atoms with Crippen molar-refractivity contribution in [3.05, 3.63) is 53.0 Å². The lowest BCUT2D eigenvalue weighted by Crippen LogP contribution is -2.14. The van der Waals surface area contributed by atoms with Crippen molar-refractivity contribution in [2.45, 2.75) is 11.8 Å². The van der Waals surface area contributed by atoms with Gasteiger partial charge in [-0.05, 0) is 37.3 Å². The van der Waals surface area contributed by atoms with Gasteiger partial charge in [-0.25, -0.2) is 4.79 Å². The van der Waals surface area contributed by atoms with Gasteiger partial charge >= 0.3 is 16.2 Å². The molecule has 0 saturated heterocycles. The monoisotopic (exact) mass is 399 g/mol. The van der Waals surface area contributed by atoms with Crippen LogP contribution in [0.3, 0.4) is 0 Å². The SMILES string of the molecule is CCOC(=O)Nc1cccc(OS(=O)(=O)c2cccc(Br)c2)c1. The summed E-state index contributed by atoms with van der Waals surface area (Å²) in [4.78, 5) is 11.4. The fourth-order valence-electron chi connectivity index (χ4n) is 1.71. The van der Waals surface area contributed by atoms with E-state index in [9.17, 15) is 13.2 Å². The molecule has 0 bridgehead atoms. The van der Waals surface area contributed by atoms with Gasteiger partial charge in [0.1, 0.15) is 10.6 Å². The second-order valence-corrected chi connectivity index (χ2v) is 6.83. The highest BCUT2D eigenvalue weighted by Crippen LogP contribution is 2.23. The van der Waals surface area contributed by atoms with Crippen molar-refractivity contribution < 1.29 is 22.1 Å². The van der Waals surface area contributed by atoms with E-state index in [1.807, 2.05) is 0 Å². The van der Waals surface area contributed by atoms with Crippen LogP contribution in [0.15, 0.2) is 57.9 Å². The predicted octanol–water partition coefficient (Wildman–Crippen LogP) is 3.79. The largest absolute Gasteiger partial charge is 0.450 e. The van der Waals surface area contributed by atoms with Crippen LogP contribution in [-0.2, 0) is 14.9 Å². The van der Waals surface area contributed by atoms with E-state index in [-0.39, 0.29) is 17.3 Å². The highest BCUT2D eigenvalue weighted by molar-refractivity contribution is 9.10. The molecule has 2 aromatic rings. The molecular formula is C15H14BrNO5S. The average Bonchev–Trinajstić information content (AvgIpc) is 2.47. The van der Waals surface area contributed by atoms with E-state index in [4.69, 9.17) is 8.92 Å². The van der Waals surface area contributed by atoms with Crippen LogP contribution in [-0.4, -0.2) is 21.1 Å². The van der Waals surface area contributed by atoms with Crippen LogP contribution in [0.1, 0.15) is 6.92 Å². The Hall–Kier alpha value is -2.06. The number of ether oxygens (including phenoxy) is 1. The topological polar surface area (TPSA) is 81.7 Å². The van der Waals surface area contributed by atoms with E-state index in [2.05, 4.69) is 21.2 Å². The van der Waals surface area contributed by atoms with Crippen LogP contribution in [0.25, 0.3) is 0 Å². The minimum Gasteiger partial charge on any atom is -0.450 e. The Balaban J connectivity index is 2.18. The molecule has 0 aromatic heterocycles. The number of benzene rings is 2. The number of hydrogen-bond donors (Lipinski definition) is 1. The molecule has 0 saturated carbocycles. The van der Waals surface area contributed by atoms with Crippen molar-refractivity contribution >= 4 is 37.8 Å². The molecule has 0 aliphatic heterocycles. The molecule has 6 nitrogen and oxygen atoms in total. The summed E-state index contributed by atoms with van der Waals surface area (Å²) in [6.07, 6.45) is -0.625. The third-order valence-corrected chi connectivity index (χ3v) is 4.38. The van der Waals surface area contributed by atoms with Gasteiger partial charge in [0.2, 0.25) is 0 Å². The molecule has 0 heterocycles. The second kappa shape index (κ2) is 7.47. The molecule has 1 amide bonds. The molecule has 0 atom stereocenters. The summed E-state index contributed by atoms with van der Waals surface area (Å²) in [5, 5.41) is 2.47. The first-order chi connectivity index (χ1) is 10.9. The zero-order chi connectivity index (χ0) is 16.9. The van der Waals surface area contributed by atoms with E-state index < -0.39 is 16.2 Å². The highest BCUT2D eigenvalue weighted by atomic mass is 79.9. The molecule has 122 valence electrons. The summed E-state index contributed by atoms with van der Waals surface area (Å²) in [6.45, 7) is 1.92. The van der Waals surface area contributed by atoms with Crippen LogP contribution in [0.4, 0.5) is 10.5 Å². The first kappa shape index (κ1) is 17.3. The Labute approximate surface area is 142 Å². The number of carbonyl (C=O) groups is 1. The molecule has 23 heavy (non-hydrogen) atoms. The molecule has 0 spiro atoms. The molecule has 0 unspecified atom stereocenters. The second-order valence-electron chi connectivity index (χ2n) is 4.37. The van der Waals surface area contributed by atoms with Crippen molar-refractivity contribution in [3.63, 3.8) is 0 Å². The molecule has 2 rings (SSSR count). The van der Waals surface area contributed by atoms with Gasteiger partial charge in [0.25, 0.3) is 0 Å². The first-order valence-corrected chi connectivity index (χ1v) is 8.85. The third-order valence-electron chi connectivity index (χ3n) is 2.65. The number of amides is 1. The number of halogens is 1. The third kappa shape index (κ3) is 4.97. The maximum atomic E-state index is 12.2. The van der Waals surface area contributed by atoms with Gasteiger partial charge in [-0.1, -0.05) is 28.1 Å². The fourth-order valence-corrected chi connectivity index (χ4v) is 3.23. The maximum Gasteiger partial charge on any atom is 0.411 e. The number of nitrogens with one attached hydrogen (secondary N) is 1. The van der Waals surface area contributed by atoms with E-state index >= 15 is 0 Å². The molecule has 8 heteroatoms. The number of carbonyl (C=O) groups excluding carboxylic acids is 1. The lowest BCUT2D eigenvalue weighted by atomic mass is 10.3. The number of rotatable bonds is 5. The van der Waals surface area contributed by atoms with E-state index in [1.165, 1.54) is 24.3 Å². The molecule has 0 aliphatic carbocycles.